The number of amides is 1. The molecule has 17 heavy (non-hydrogen) atoms. The van der Waals surface area contributed by atoms with E-state index in [9.17, 15) is 4.79 Å². The van der Waals surface area contributed by atoms with Crippen LogP contribution in [-0.2, 0) is 22.6 Å². The van der Waals surface area contributed by atoms with E-state index in [1.165, 1.54) is 12.8 Å². The summed E-state index contributed by atoms with van der Waals surface area (Å²) in [5.74, 6) is 0.349. The van der Waals surface area contributed by atoms with Crippen LogP contribution in [0, 0.1) is 5.92 Å². The Morgan fingerprint density at radius 3 is 3.00 bits per heavy atom. The SMILES string of the molecule is O=C(Nc1nc2c(s1)COCC2)C1CCCC1. The summed E-state index contributed by atoms with van der Waals surface area (Å²) in [7, 11) is 0. The van der Waals surface area contributed by atoms with Crippen LogP contribution < -0.4 is 5.32 Å². The van der Waals surface area contributed by atoms with Crippen LogP contribution >= 0.6 is 11.3 Å². The summed E-state index contributed by atoms with van der Waals surface area (Å²) >= 11 is 1.55. The smallest absolute Gasteiger partial charge is 0.229 e. The molecule has 1 aromatic rings. The van der Waals surface area contributed by atoms with Gasteiger partial charge >= 0.3 is 0 Å². The Morgan fingerprint density at radius 1 is 1.41 bits per heavy atom. The highest BCUT2D eigenvalue weighted by molar-refractivity contribution is 7.15. The van der Waals surface area contributed by atoms with E-state index in [0.717, 1.165) is 41.6 Å². The molecule has 2 aliphatic rings. The first-order valence-corrected chi connectivity index (χ1v) is 7.02. The summed E-state index contributed by atoms with van der Waals surface area (Å²) in [5.41, 5.74) is 1.10. The van der Waals surface area contributed by atoms with Gasteiger partial charge in [0.1, 0.15) is 0 Å². The molecule has 0 bridgehead atoms. The van der Waals surface area contributed by atoms with E-state index in [-0.39, 0.29) is 11.8 Å². The van der Waals surface area contributed by atoms with Crippen molar-refractivity contribution >= 4 is 22.4 Å². The molecule has 5 heteroatoms. The van der Waals surface area contributed by atoms with Crippen molar-refractivity contribution in [2.24, 2.45) is 5.92 Å². The first-order chi connectivity index (χ1) is 8.33. The monoisotopic (exact) mass is 252 g/mol. The van der Waals surface area contributed by atoms with E-state index in [0.29, 0.717) is 6.61 Å². The maximum atomic E-state index is 12.0. The summed E-state index contributed by atoms with van der Waals surface area (Å²) in [5, 5.41) is 3.70. The number of aromatic nitrogens is 1. The molecule has 1 aromatic heterocycles. The summed E-state index contributed by atoms with van der Waals surface area (Å²) in [6.07, 6.45) is 5.28. The van der Waals surface area contributed by atoms with Gasteiger partial charge in [-0.05, 0) is 12.8 Å². The third kappa shape index (κ3) is 2.35. The standard InChI is InChI=1S/C12H16N2O2S/c15-11(8-3-1-2-4-8)14-12-13-9-5-6-16-7-10(9)17-12/h8H,1-7H2,(H,13,14,15). The van der Waals surface area contributed by atoms with Gasteiger partial charge in [0, 0.05) is 12.3 Å². The molecular weight excluding hydrogens is 236 g/mol. The Bertz CT molecular complexity index is 401. The molecule has 0 spiro atoms. The fourth-order valence-corrected chi connectivity index (χ4v) is 3.42. The van der Waals surface area contributed by atoms with E-state index in [4.69, 9.17) is 4.74 Å². The maximum Gasteiger partial charge on any atom is 0.229 e. The Labute approximate surface area is 104 Å². The van der Waals surface area contributed by atoms with Gasteiger partial charge in [0.15, 0.2) is 5.13 Å². The lowest BCUT2D eigenvalue weighted by atomic mass is 10.1. The molecule has 92 valence electrons. The van der Waals surface area contributed by atoms with Crippen LogP contribution in [-0.4, -0.2) is 17.5 Å². The van der Waals surface area contributed by atoms with E-state index < -0.39 is 0 Å². The van der Waals surface area contributed by atoms with Gasteiger partial charge in [0.2, 0.25) is 5.91 Å². The van der Waals surface area contributed by atoms with Gasteiger partial charge < -0.3 is 10.1 Å². The second-order valence-corrected chi connectivity index (χ2v) is 5.75. The van der Waals surface area contributed by atoms with E-state index in [2.05, 4.69) is 10.3 Å². The molecular formula is C12H16N2O2S. The van der Waals surface area contributed by atoms with Crippen LogP contribution in [0.4, 0.5) is 5.13 Å². The average molecular weight is 252 g/mol. The molecule has 1 aliphatic carbocycles. The third-order valence-electron chi connectivity index (χ3n) is 3.45. The van der Waals surface area contributed by atoms with Crippen molar-refractivity contribution < 1.29 is 9.53 Å². The summed E-state index contributed by atoms with van der Waals surface area (Å²) in [6.45, 7) is 1.39. The lowest BCUT2D eigenvalue weighted by Gasteiger charge is -2.08. The van der Waals surface area contributed by atoms with Crippen molar-refractivity contribution in [3.8, 4) is 0 Å². The number of rotatable bonds is 2. The highest BCUT2D eigenvalue weighted by Gasteiger charge is 2.24. The van der Waals surface area contributed by atoms with Crippen LogP contribution in [0.1, 0.15) is 36.3 Å². The van der Waals surface area contributed by atoms with Crippen LogP contribution in [0.15, 0.2) is 0 Å². The minimum absolute atomic E-state index is 0.148. The van der Waals surface area contributed by atoms with Gasteiger partial charge in [-0.25, -0.2) is 4.98 Å². The molecule has 2 heterocycles. The fraction of sp³-hybridized carbons (Fsp3) is 0.667. The average Bonchev–Trinajstić information content (AvgIpc) is 2.97. The van der Waals surface area contributed by atoms with Crippen LogP contribution in [0.2, 0.25) is 0 Å². The molecule has 1 N–H and O–H groups in total. The Morgan fingerprint density at radius 2 is 2.24 bits per heavy atom. The zero-order valence-electron chi connectivity index (χ0n) is 9.70. The molecule has 1 fully saturated rings. The Kier molecular flexibility index (Phi) is 3.11. The summed E-state index contributed by atoms with van der Waals surface area (Å²) < 4.78 is 5.37. The molecule has 0 atom stereocenters. The first kappa shape index (κ1) is 11.2. The molecule has 1 saturated carbocycles. The van der Waals surface area contributed by atoms with Gasteiger partial charge in [-0.1, -0.05) is 24.2 Å². The van der Waals surface area contributed by atoms with E-state index in [1.54, 1.807) is 11.3 Å². The van der Waals surface area contributed by atoms with E-state index >= 15 is 0 Å². The van der Waals surface area contributed by atoms with Crippen molar-refractivity contribution in [3.63, 3.8) is 0 Å². The van der Waals surface area contributed by atoms with E-state index in [1.807, 2.05) is 0 Å². The van der Waals surface area contributed by atoms with Gasteiger partial charge in [-0.3, -0.25) is 4.79 Å². The lowest BCUT2D eigenvalue weighted by Crippen LogP contribution is -2.20. The summed E-state index contributed by atoms with van der Waals surface area (Å²) in [4.78, 5) is 17.6. The molecule has 0 unspecified atom stereocenters. The first-order valence-electron chi connectivity index (χ1n) is 6.20. The molecule has 4 nitrogen and oxygen atoms in total. The fourth-order valence-electron chi connectivity index (χ4n) is 2.47. The number of hydrogen-bond donors (Lipinski definition) is 1. The van der Waals surface area contributed by atoms with Gasteiger partial charge in [-0.15, -0.1) is 0 Å². The predicted octanol–water partition coefficient (Wildman–Crippen LogP) is 2.34. The second kappa shape index (κ2) is 4.74. The molecule has 1 aliphatic heterocycles. The third-order valence-corrected chi connectivity index (χ3v) is 4.44. The number of thiazole rings is 1. The lowest BCUT2D eigenvalue weighted by molar-refractivity contribution is -0.119. The maximum absolute atomic E-state index is 12.0. The number of nitrogens with zero attached hydrogens (tertiary/aromatic N) is 1. The van der Waals surface area contributed by atoms with Gasteiger partial charge in [0.25, 0.3) is 0 Å². The number of hydrogen-bond acceptors (Lipinski definition) is 4. The van der Waals surface area contributed by atoms with Crippen molar-refractivity contribution in [3.05, 3.63) is 10.6 Å². The number of ether oxygens (including phenoxy) is 1. The second-order valence-electron chi connectivity index (χ2n) is 4.66. The number of nitrogens with one attached hydrogen (secondary N) is 1. The molecule has 0 radical (unpaired) electrons. The van der Waals surface area contributed by atoms with Crippen molar-refractivity contribution in [1.82, 2.24) is 4.98 Å². The normalized spacial score (nSPS) is 20.2. The number of carbonyl (C=O) groups excluding carboxylic acids is 1. The largest absolute Gasteiger partial charge is 0.375 e. The number of carbonyl (C=O) groups is 1. The molecule has 0 aromatic carbocycles. The van der Waals surface area contributed by atoms with Crippen LogP contribution in [0.3, 0.4) is 0 Å². The van der Waals surface area contributed by atoms with Crippen LogP contribution in [0.25, 0.3) is 0 Å². The quantitative estimate of drug-likeness (QED) is 0.879. The highest BCUT2D eigenvalue weighted by Crippen LogP contribution is 2.29. The highest BCUT2D eigenvalue weighted by atomic mass is 32.1. The molecule has 3 rings (SSSR count). The Hall–Kier alpha value is -0.940. The molecule has 1 amide bonds. The Balaban J connectivity index is 1.68. The number of anilines is 1. The van der Waals surface area contributed by atoms with Gasteiger partial charge in [-0.2, -0.15) is 0 Å². The van der Waals surface area contributed by atoms with Crippen molar-refractivity contribution in [1.29, 1.82) is 0 Å². The zero-order chi connectivity index (χ0) is 11.7. The molecule has 0 saturated heterocycles. The minimum Gasteiger partial charge on any atom is -0.375 e. The number of fused-ring (bicyclic) bond motifs is 1. The predicted molar refractivity (Wildman–Crippen MR) is 66.1 cm³/mol. The topological polar surface area (TPSA) is 51.2 Å². The van der Waals surface area contributed by atoms with Crippen LogP contribution in [0.5, 0.6) is 0 Å². The van der Waals surface area contributed by atoms with Gasteiger partial charge in [0.05, 0.1) is 23.8 Å². The minimum atomic E-state index is 0.148. The van der Waals surface area contributed by atoms with Crippen molar-refractivity contribution in [2.75, 3.05) is 11.9 Å². The van der Waals surface area contributed by atoms with Crippen molar-refractivity contribution in [2.45, 2.75) is 38.7 Å². The zero-order valence-corrected chi connectivity index (χ0v) is 10.5. The summed E-state index contributed by atoms with van der Waals surface area (Å²) in [6, 6.07) is 0.